The lowest BCUT2D eigenvalue weighted by molar-refractivity contribution is -0.141. The van der Waals surface area contributed by atoms with Crippen molar-refractivity contribution in [2.75, 3.05) is 27.4 Å². The van der Waals surface area contributed by atoms with Crippen LogP contribution in [-0.4, -0.2) is 44.1 Å². The molecular formula is C21H25NO5. The van der Waals surface area contributed by atoms with Crippen LogP contribution in [0.2, 0.25) is 0 Å². The highest BCUT2D eigenvalue weighted by Gasteiger charge is 2.21. The standard InChI is InChI=1S/C21H25NO5/c1-5-27-18-11-10-16(12-19(18)25-3)21(24)22(14-20(23)26-4)13-17-9-7-6-8-15(17)2/h6-12H,5,13-14H2,1-4H3. The van der Waals surface area contributed by atoms with E-state index >= 15 is 0 Å². The summed E-state index contributed by atoms with van der Waals surface area (Å²) in [5, 5.41) is 0. The number of nitrogens with zero attached hydrogens (tertiary/aromatic N) is 1. The fourth-order valence-corrected chi connectivity index (χ4v) is 2.67. The summed E-state index contributed by atoms with van der Waals surface area (Å²) in [7, 11) is 2.82. The van der Waals surface area contributed by atoms with E-state index < -0.39 is 5.97 Å². The molecule has 1 amide bonds. The molecule has 0 N–H and O–H groups in total. The number of carbonyl (C=O) groups excluding carboxylic acids is 2. The molecule has 0 aliphatic heterocycles. The Labute approximate surface area is 159 Å². The van der Waals surface area contributed by atoms with E-state index in [2.05, 4.69) is 0 Å². The lowest BCUT2D eigenvalue weighted by atomic mass is 10.1. The molecule has 6 heteroatoms. The third-order valence-corrected chi connectivity index (χ3v) is 4.17. The lowest BCUT2D eigenvalue weighted by Gasteiger charge is -2.23. The van der Waals surface area contributed by atoms with Gasteiger partial charge in [-0.2, -0.15) is 0 Å². The molecule has 0 atom stereocenters. The summed E-state index contributed by atoms with van der Waals surface area (Å²) in [6.07, 6.45) is 0. The molecule has 144 valence electrons. The van der Waals surface area contributed by atoms with Crippen molar-refractivity contribution in [2.24, 2.45) is 0 Å². The van der Waals surface area contributed by atoms with Gasteiger partial charge in [-0.15, -0.1) is 0 Å². The molecule has 0 spiro atoms. The molecule has 0 unspecified atom stereocenters. The fraction of sp³-hybridized carbons (Fsp3) is 0.333. The summed E-state index contributed by atoms with van der Waals surface area (Å²) in [5.74, 6) is 0.270. The first-order valence-electron chi connectivity index (χ1n) is 8.71. The second-order valence-electron chi connectivity index (χ2n) is 5.96. The topological polar surface area (TPSA) is 65.1 Å². The van der Waals surface area contributed by atoms with Crippen LogP contribution in [0.4, 0.5) is 0 Å². The Hall–Kier alpha value is -3.02. The third kappa shape index (κ3) is 5.23. The molecule has 0 heterocycles. The van der Waals surface area contributed by atoms with Crippen LogP contribution in [0.25, 0.3) is 0 Å². The zero-order valence-electron chi connectivity index (χ0n) is 16.2. The minimum absolute atomic E-state index is 0.140. The summed E-state index contributed by atoms with van der Waals surface area (Å²) < 4.78 is 15.6. The molecule has 0 bridgehead atoms. The summed E-state index contributed by atoms with van der Waals surface area (Å²) in [6.45, 7) is 4.50. The van der Waals surface area contributed by atoms with Gasteiger partial charge in [0.1, 0.15) is 6.54 Å². The van der Waals surface area contributed by atoms with Gasteiger partial charge in [0.05, 0.1) is 20.8 Å². The van der Waals surface area contributed by atoms with Crippen LogP contribution >= 0.6 is 0 Å². The number of hydrogen-bond acceptors (Lipinski definition) is 5. The maximum Gasteiger partial charge on any atom is 0.325 e. The quantitative estimate of drug-likeness (QED) is 0.667. The van der Waals surface area contributed by atoms with Gasteiger partial charge < -0.3 is 19.1 Å². The molecule has 2 aromatic carbocycles. The number of ether oxygens (including phenoxy) is 3. The average molecular weight is 371 g/mol. The number of hydrogen-bond donors (Lipinski definition) is 0. The summed E-state index contributed by atoms with van der Waals surface area (Å²) in [6, 6.07) is 12.7. The van der Waals surface area contributed by atoms with Gasteiger partial charge in [0, 0.05) is 12.1 Å². The van der Waals surface area contributed by atoms with E-state index in [1.54, 1.807) is 18.2 Å². The predicted molar refractivity (Wildman–Crippen MR) is 102 cm³/mol. The minimum Gasteiger partial charge on any atom is -0.493 e. The first-order chi connectivity index (χ1) is 13.0. The number of amides is 1. The van der Waals surface area contributed by atoms with Gasteiger partial charge in [-0.25, -0.2) is 0 Å². The summed E-state index contributed by atoms with van der Waals surface area (Å²) in [4.78, 5) is 26.4. The maximum atomic E-state index is 13.1. The van der Waals surface area contributed by atoms with E-state index in [0.29, 0.717) is 30.2 Å². The van der Waals surface area contributed by atoms with Crippen LogP contribution < -0.4 is 9.47 Å². The molecule has 0 saturated heterocycles. The Morgan fingerprint density at radius 3 is 2.41 bits per heavy atom. The van der Waals surface area contributed by atoms with Crippen LogP contribution in [0.15, 0.2) is 42.5 Å². The number of rotatable bonds is 8. The van der Waals surface area contributed by atoms with Crippen molar-refractivity contribution >= 4 is 11.9 Å². The Kier molecular flexibility index (Phi) is 7.23. The first kappa shape index (κ1) is 20.3. The van der Waals surface area contributed by atoms with Gasteiger partial charge in [0.2, 0.25) is 0 Å². The van der Waals surface area contributed by atoms with Gasteiger partial charge in [-0.05, 0) is 43.2 Å². The van der Waals surface area contributed by atoms with Crippen LogP contribution in [0.1, 0.15) is 28.4 Å². The molecule has 27 heavy (non-hydrogen) atoms. The van der Waals surface area contributed by atoms with E-state index in [0.717, 1.165) is 11.1 Å². The number of methoxy groups -OCH3 is 2. The van der Waals surface area contributed by atoms with Crippen molar-refractivity contribution in [3.8, 4) is 11.5 Å². The molecule has 6 nitrogen and oxygen atoms in total. The SMILES string of the molecule is CCOc1ccc(C(=O)N(CC(=O)OC)Cc2ccccc2C)cc1OC. The van der Waals surface area contributed by atoms with Crippen LogP contribution in [0, 0.1) is 6.92 Å². The Balaban J connectivity index is 2.32. The number of carbonyl (C=O) groups is 2. The molecule has 0 fully saturated rings. The van der Waals surface area contributed by atoms with Gasteiger partial charge in [-0.3, -0.25) is 9.59 Å². The van der Waals surface area contributed by atoms with Crippen molar-refractivity contribution in [3.63, 3.8) is 0 Å². The van der Waals surface area contributed by atoms with Crippen LogP contribution in [-0.2, 0) is 16.1 Å². The highest BCUT2D eigenvalue weighted by atomic mass is 16.5. The molecule has 0 saturated carbocycles. The Morgan fingerprint density at radius 2 is 1.78 bits per heavy atom. The van der Waals surface area contributed by atoms with E-state index in [1.165, 1.54) is 19.1 Å². The third-order valence-electron chi connectivity index (χ3n) is 4.17. The molecule has 0 aliphatic carbocycles. The van der Waals surface area contributed by atoms with Crippen molar-refractivity contribution in [3.05, 3.63) is 59.2 Å². The Bertz CT molecular complexity index is 803. The van der Waals surface area contributed by atoms with Gasteiger partial charge in [0.25, 0.3) is 5.91 Å². The van der Waals surface area contributed by atoms with Gasteiger partial charge in [0.15, 0.2) is 11.5 Å². The monoisotopic (exact) mass is 371 g/mol. The largest absolute Gasteiger partial charge is 0.493 e. The number of benzene rings is 2. The lowest BCUT2D eigenvalue weighted by Crippen LogP contribution is -2.36. The number of esters is 1. The minimum atomic E-state index is -0.477. The van der Waals surface area contributed by atoms with Crippen molar-refractivity contribution in [1.82, 2.24) is 4.90 Å². The maximum absolute atomic E-state index is 13.1. The zero-order valence-corrected chi connectivity index (χ0v) is 16.2. The van der Waals surface area contributed by atoms with Gasteiger partial charge in [-0.1, -0.05) is 24.3 Å². The first-order valence-corrected chi connectivity index (χ1v) is 8.71. The van der Waals surface area contributed by atoms with Crippen LogP contribution in [0.5, 0.6) is 11.5 Å². The number of aryl methyl sites for hydroxylation is 1. The van der Waals surface area contributed by atoms with Gasteiger partial charge >= 0.3 is 5.97 Å². The van der Waals surface area contributed by atoms with E-state index in [4.69, 9.17) is 14.2 Å². The molecule has 0 aromatic heterocycles. The molecule has 0 aliphatic rings. The van der Waals surface area contributed by atoms with Crippen molar-refractivity contribution in [1.29, 1.82) is 0 Å². The second kappa shape index (κ2) is 9.62. The zero-order chi connectivity index (χ0) is 19.8. The predicted octanol–water partition coefficient (Wildman–Crippen LogP) is 3.22. The summed E-state index contributed by atoms with van der Waals surface area (Å²) in [5.41, 5.74) is 2.42. The van der Waals surface area contributed by atoms with E-state index in [9.17, 15) is 9.59 Å². The Morgan fingerprint density at radius 1 is 1.04 bits per heavy atom. The normalized spacial score (nSPS) is 10.2. The molecule has 2 aromatic rings. The highest BCUT2D eigenvalue weighted by Crippen LogP contribution is 2.28. The smallest absolute Gasteiger partial charge is 0.325 e. The van der Waals surface area contributed by atoms with Crippen molar-refractivity contribution in [2.45, 2.75) is 20.4 Å². The second-order valence-corrected chi connectivity index (χ2v) is 5.96. The van der Waals surface area contributed by atoms with Crippen LogP contribution in [0.3, 0.4) is 0 Å². The van der Waals surface area contributed by atoms with Crippen molar-refractivity contribution < 1.29 is 23.8 Å². The fourth-order valence-electron chi connectivity index (χ4n) is 2.67. The molecular weight excluding hydrogens is 346 g/mol. The summed E-state index contributed by atoms with van der Waals surface area (Å²) >= 11 is 0. The van der Waals surface area contributed by atoms with E-state index in [1.807, 2.05) is 38.1 Å². The highest BCUT2D eigenvalue weighted by molar-refractivity contribution is 5.96. The molecule has 2 rings (SSSR count). The van der Waals surface area contributed by atoms with E-state index in [-0.39, 0.29) is 12.5 Å². The molecule has 0 radical (unpaired) electrons. The average Bonchev–Trinajstić information content (AvgIpc) is 2.68.